The molecule has 1 atom stereocenters. The minimum absolute atomic E-state index is 0.0336. The molecule has 2 fully saturated rings. The summed E-state index contributed by atoms with van der Waals surface area (Å²) in [5.74, 6) is 0.709. The topological polar surface area (TPSA) is 76.2 Å². The lowest BCUT2D eigenvalue weighted by Gasteiger charge is -2.35. The van der Waals surface area contributed by atoms with Gasteiger partial charge in [0.25, 0.3) is 0 Å². The van der Waals surface area contributed by atoms with E-state index in [0.29, 0.717) is 44.5 Å². The third-order valence-corrected chi connectivity index (χ3v) is 5.72. The van der Waals surface area contributed by atoms with Crippen molar-refractivity contribution in [3.05, 3.63) is 29.8 Å². The van der Waals surface area contributed by atoms with Gasteiger partial charge in [0.05, 0.1) is 7.11 Å². The quantitative estimate of drug-likeness (QED) is 0.702. The molecule has 0 saturated carbocycles. The van der Waals surface area contributed by atoms with Gasteiger partial charge in [0.2, 0.25) is 5.91 Å². The fourth-order valence-electron chi connectivity index (χ4n) is 4.13. The molecular weight excluding hydrogens is 384 g/mol. The Bertz CT molecular complexity index is 776. The van der Waals surface area contributed by atoms with E-state index in [0.717, 1.165) is 12.2 Å². The summed E-state index contributed by atoms with van der Waals surface area (Å²) >= 11 is 0. The van der Waals surface area contributed by atoms with Gasteiger partial charge in [0.15, 0.2) is 5.78 Å². The zero-order valence-corrected chi connectivity index (χ0v) is 18.3. The van der Waals surface area contributed by atoms with Crippen LogP contribution in [0.3, 0.4) is 0 Å². The molecule has 0 bridgehead atoms. The highest BCUT2D eigenvalue weighted by Crippen LogP contribution is 2.27. The second kappa shape index (κ2) is 9.06. The first-order valence-corrected chi connectivity index (χ1v) is 10.7. The Morgan fingerprint density at radius 2 is 1.60 bits per heavy atom. The molecule has 0 aromatic heterocycles. The van der Waals surface area contributed by atoms with Crippen molar-refractivity contribution in [1.29, 1.82) is 0 Å². The lowest BCUT2D eigenvalue weighted by Crippen LogP contribution is -2.51. The molecule has 0 radical (unpaired) electrons. The number of piperidine rings is 1. The molecule has 0 N–H and O–H groups in total. The van der Waals surface area contributed by atoms with E-state index >= 15 is 0 Å². The Labute approximate surface area is 178 Å². The van der Waals surface area contributed by atoms with Gasteiger partial charge in [-0.05, 0) is 70.7 Å². The predicted octanol–water partition coefficient (Wildman–Crippen LogP) is 3.52. The number of hydrogen-bond acceptors (Lipinski definition) is 5. The van der Waals surface area contributed by atoms with Gasteiger partial charge < -0.3 is 14.4 Å². The zero-order chi connectivity index (χ0) is 21.9. The smallest absolute Gasteiger partial charge is 0.410 e. The molecule has 2 aliphatic rings. The second-order valence-corrected chi connectivity index (χ2v) is 9.02. The third-order valence-electron chi connectivity index (χ3n) is 5.72. The molecule has 30 heavy (non-hydrogen) atoms. The van der Waals surface area contributed by atoms with E-state index < -0.39 is 17.7 Å². The number of carbonyl (C=O) groups excluding carboxylic acids is 3. The molecule has 164 valence electrons. The van der Waals surface area contributed by atoms with Crippen LogP contribution in [0, 0.1) is 5.92 Å². The standard InChI is InChI=1S/C23H32N2O5/c1-23(2,3)30-22(28)25-13-5-6-19(25)21(27)24-14-11-17(12-15-24)20(26)16-7-9-18(29-4)10-8-16/h7-10,17,19H,5-6,11-15H2,1-4H3/t19-/m0/s1. The van der Waals surface area contributed by atoms with Gasteiger partial charge in [-0.25, -0.2) is 4.79 Å². The number of ether oxygens (including phenoxy) is 2. The van der Waals surface area contributed by atoms with Crippen LogP contribution in [-0.4, -0.2) is 66.0 Å². The molecule has 3 rings (SSSR count). The van der Waals surface area contributed by atoms with E-state index in [1.807, 2.05) is 20.8 Å². The van der Waals surface area contributed by atoms with Gasteiger partial charge in [0.1, 0.15) is 17.4 Å². The average Bonchev–Trinajstić information content (AvgIpc) is 3.22. The molecule has 1 aromatic carbocycles. The fraction of sp³-hybridized carbons (Fsp3) is 0.609. The lowest BCUT2D eigenvalue weighted by molar-refractivity contribution is -0.137. The number of amides is 2. The van der Waals surface area contributed by atoms with Crippen molar-refractivity contribution >= 4 is 17.8 Å². The third kappa shape index (κ3) is 5.12. The zero-order valence-electron chi connectivity index (χ0n) is 18.3. The van der Waals surface area contributed by atoms with Gasteiger partial charge in [-0.2, -0.15) is 0 Å². The average molecular weight is 417 g/mol. The first kappa shape index (κ1) is 22.1. The van der Waals surface area contributed by atoms with Gasteiger partial charge in [0, 0.05) is 31.1 Å². The lowest BCUT2D eigenvalue weighted by atomic mass is 9.88. The number of rotatable bonds is 4. The predicted molar refractivity (Wildman–Crippen MR) is 113 cm³/mol. The summed E-state index contributed by atoms with van der Waals surface area (Å²) in [6.45, 7) is 7.07. The van der Waals surface area contributed by atoms with Gasteiger partial charge in [-0.15, -0.1) is 0 Å². The molecule has 0 aliphatic carbocycles. The molecule has 2 saturated heterocycles. The van der Waals surface area contributed by atoms with Crippen LogP contribution in [0.4, 0.5) is 4.79 Å². The van der Waals surface area contributed by atoms with Crippen molar-refractivity contribution in [2.24, 2.45) is 5.92 Å². The maximum absolute atomic E-state index is 13.1. The van der Waals surface area contributed by atoms with E-state index in [-0.39, 0.29) is 17.6 Å². The minimum Gasteiger partial charge on any atom is -0.497 e. The maximum atomic E-state index is 13.1. The summed E-state index contributed by atoms with van der Waals surface area (Å²) in [7, 11) is 1.60. The van der Waals surface area contributed by atoms with Crippen molar-refractivity contribution < 1.29 is 23.9 Å². The normalized spacial score (nSPS) is 20.2. The number of nitrogens with zero attached hydrogens (tertiary/aromatic N) is 2. The van der Waals surface area contributed by atoms with Crippen molar-refractivity contribution in [2.45, 2.75) is 58.1 Å². The van der Waals surface area contributed by atoms with E-state index in [1.165, 1.54) is 0 Å². The molecule has 2 heterocycles. The van der Waals surface area contributed by atoms with Crippen LogP contribution in [0.1, 0.15) is 56.8 Å². The van der Waals surface area contributed by atoms with Crippen LogP contribution in [-0.2, 0) is 9.53 Å². The molecular formula is C23H32N2O5. The Hall–Kier alpha value is -2.57. The van der Waals surface area contributed by atoms with E-state index in [2.05, 4.69) is 0 Å². The molecule has 1 aromatic rings. The van der Waals surface area contributed by atoms with Gasteiger partial charge in [-0.1, -0.05) is 0 Å². The number of likely N-dealkylation sites (tertiary alicyclic amines) is 2. The molecule has 7 nitrogen and oxygen atoms in total. The Morgan fingerprint density at radius 1 is 0.967 bits per heavy atom. The van der Waals surface area contributed by atoms with E-state index in [4.69, 9.17) is 9.47 Å². The van der Waals surface area contributed by atoms with Crippen molar-refractivity contribution in [3.8, 4) is 5.75 Å². The number of ketones is 1. The maximum Gasteiger partial charge on any atom is 0.410 e. The number of benzene rings is 1. The Kier molecular flexibility index (Phi) is 6.68. The van der Waals surface area contributed by atoms with E-state index in [1.54, 1.807) is 41.2 Å². The second-order valence-electron chi connectivity index (χ2n) is 9.02. The van der Waals surface area contributed by atoms with Crippen LogP contribution < -0.4 is 4.74 Å². The summed E-state index contributed by atoms with van der Waals surface area (Å²) in [5, 5.41) is 0. The largest absolute Gasteiger partial charge is 0.497 e. The van der Waals surface area contributed by atoms with Crippen LogP contribution in [0.25, 0.3) is 0 Å². The summed E-state index contributed by atoms with van der Waals surface area (Å²) in [4.78, 5) is 41.7. The van der Waals surface area contributed by atoms with Crippen LogP contribution in [0.2, 0.25) is 0 Å². The van der Waals surface area contributed by atoms with Crippen LogP contribution in [0.5, 0.6) is 5.75 Å². The molecule has 2 aliphatic heterocycles. The molecule has 0 spiro atoms. The number of hydrogen-bond donors (Lipinski definition) is 0. The highest BCUT2D eigenvalue weighted by Gasteiger charge is 2.39. The summed E-state index contributed by atoms with van der Waals surface area (Å²) in [5.41, 5.74) is 0.0837. The SMILES string of the molecule is COc1ccc(C(=O)C2CCN(C(=O)[C@@H]3CCCN3C(=O)OC(C)(C)C)CC2)cc1. The van der Waals surface area contributed by atoms with Crippen LogP contribution >= 0.6 is 0 Å². The van der Waals surface area contributed by atoms with Crippen molar-refractivity contribution in [3.63, 3.8) is 0 Å². The molecule has 0 unspecified atom stereocenters. The van der Waals surface area contributed by atoms with E-state index in [9.17, 15) is 14.4 Å². The first-order chi connectivity index (χ1) is 14.2. The summed E-state index contributed by atoms with van der Waals surface area (Å²) in [6.07, 6.45) is 2.29. The minimum atomic E-state index is -0.590. The Balaban J connectivity index is 1.56. The molecule has 7 heteroatoms. The first-order valence-electron chi connectivity index (χ1n) is 10.7. The highest BCUT2D eigenvalue weighted by atomic mass is 16.6. The number of methoxy groups -OCH3 is 1. The van der Waals surface area contributed by atoms with Crippen LogP contribution in [0.15, 0.2) is 24.3 Å². The van der Waals surface area contributed by atoms with Gasteiger partial charge >= 0.3 is 6.09 Å². The Morgan fingerprint density at radius 3 is 2.17 bits per heavy atom. The van der Waals surface area contributed by atoms with Crippen molar-refractivity contribution in [2.75, 3.05) is 26.7 Å². The molecule has 2 amide bonds. The van der Waals surface area contributed by atoms with Gasteiger partial charge in [-0.3, -0.25) is 14.5 Å². The summed E-state index contributed by atoms with van der Waals surface area (Å²) < 4.78 is 10.6. The monoisotopic (exact) mass is 416 g/mol. The number of Topliss-reactive ketones (excluding diaryl/α,β-unsaturated/α-hetero) is 1. The van der Waals surface area contributed by atoms with Crippen molar-refractivity contribution in [1.82, 2.24) is 9.80 Å². The fourth-order valence-corrected chi connectivity index (χ4v) is 4.13. The summed E-state index contributed by atoms with van der Waals surface area (Å²) in [6, 6.07) is 6.69. The number of carbonyl (C=O) groups is 3. The highest BCUT2D eigenvalue weighted by molar-refractivity contribution is 5.98.